The molecule has 5 heteroatoms. The lowest BCUT2D eigenvalue weighted by Crippen LogP contribution is -2.48. The summed E-state index contributed by atoms with van der Waals surface area (Å²) in [7, 11) is 0. The standard InChI is InChI=1S/C13H21N3O2/c1-10(2)6-9-14-16-11(17)13(15-12(16)18)7-4-3-5-8-13/h9-10H,3-8H2,1-2H3,(H,15,18)/b14-9+. The van der Waals surface area contributed by atoms with Gasteiger partial charge in [0.1, 0.15) is 5.54 Å². The SMILES string of the molecule is CC(C)C/C=N/N1C(=O)NC2(CCCCC2)C1=O. The van der Waals surface area contributed by atoms with Gasteiger partial charge in [0.05, 0.1) is 0 Å². The molecule has 100 valence electrons. The van der Waals surface area contributed by atoms with Crippen LogP contribution in [0.25, 0.3) is 0 Å². The number of carbonyl (C=O) groups is 2. The van der Waals surface area contributed by atoms with Crippen molar-refractivity contribution in [2.75, 3.05) is 0 Å². The molecule has 3 amide bonds. The van der Waals surface area contributed by atoms with Crippen molar-refractivity contribution < 1.29 is 9.59 Å². The quantitative estimate of drug-likeness (QED) is 0.618. The number of carbonyl (C=O) groups excluding carboxylic acids is 2. The lowest BCUT2D eigenvalue weighted by Gasteiger charge is -2.29. The third-order valence-electron chi connectivity index (χ3n) is 3.62. The van der Waals surface area contributed by atoms with Gasteiger partial charge in [0, 0.05) is 6.21 Å². The highest BCUT2D eigenvalue weighted by molar-refractivity contribution is 6.07. The molecule has 18 heavy (non-hydrogen) atoms. The van der Waals surface area contributed by atoms with E-state index in [1.807, 2.05) is 0 Å². The number of nitrogens with zero attached hydrogens (tertiary/aromatic N) is 2. The van der Waals surface area contributed by atoms with E-state index in [1.165, 1.54) is 0 Å². The van der Waals surface area contributed by atoms with Crippen molar-refractivity contribution in [3.63, 3.8) is 0 Å². The van der Waals surface area contributed by atoms with Gasteiger partial charge in [-0.3, -0.25) is 4.79 Å². The molecular formula is C13H21N3O2. The predicted octanol–water partition coefficient (Wildman–Crippen LogP) is 2.27. The van der Waals surface area contributed by atoms with Crippen molar-refractivity contribution in [2.24, 2.45) is 11.0 Å². The molecule has 1 aliphatic carbocycles. The van der Waals surface area contributed by atoms with Crippen molar-refractivity contribution in [2.45, 2.75) is 57.9 Å². The maximum Gasteiger partial charge on any atom is 0.346 e. The zero-order chi connectivity index (χ0) is 13.2. The van der Waals surface area contributed by atoms with E-state index >= 15 is 0 Å². The fourth-order valence-electron chi connectivity index (χ4n) is 2.54. The van der Waals surface area contributed by atoms with Crippen molar-refractivity contribution in [1.29, 1.82) is 0 Å². The molecule has 5 nitrogen and oxygen atoms in total. The van der Waals surface area contributed by atoms with E-state index < -0.39 is 5.54 Å². The lowest BCUT2D eigenvalue weighted by atomic mass is 9.82. The van der Waals surface area contributed by atoms with Gasteiger partial charge in [0.25, 0.3) is 5.91 Å². The summed E-state index contributed by atoms with van der Waals surface area (Å²) in [5, 5.41) is 7.86. The summed E-state index contributed by atoms with van der Waals surface area (Å²) >= 11 is 0. The number of hydrazone groups is 1. The van der Waals surface area contributed by atoms with Gasteiger partial charge >= 0.3 is 6.03 Å². The Kier molecular flexibility index (Phi) is 3.68. The molecule has 1 saturated heterocycles. The number of hydrogen-bond acceptors (Lipinski definition) is 3. The molecule has 1 N–H and O–H groups in total. The smallest absolute Gasteiger partial charge is 0.321 e. The van der Waals surface area contributed by atoms with Crippen LogP contribution in [0, 0.1) is 5.92 Å². The van der Waals surface area contributed by atoms with Crippen LogP contribution in [-0.4, -0.2) is 28.7 Å². The molecule has 1 saturated carbocycles. The molecular weight excluding hydrogens is 230 g/mol. The van der Waals surface area contributed by atoms with Crippen LogP contribution >= 0.6 is 0 Å². The fraction of sp³-hybridized carbons (Fsp3) is 0.769. The summed E-state index contributed by atoms with van der Waals surface area (Å²) in [6.07, 6.45) is 7.04. The second kappa shape index (κ2) is 5.08. The maximum absolute atomic E-state index is 12.3. The highest BCUT2D eigenvalue weighted by Gasteiger charge is 2.51. The Labute approximate surface area is 108 Å². The first-order valence-corrected chi connectivity index (χ1v) is 6.74. The van der Waals surface area contributed by atoms with Gasteiger partial charge in [-0.15, -0.1) is 5.01 Å². The van der Waals surface area contributed by atoms with Gasteiger partial charge in [0.15, 0.2) is 0 Å². The molecule has 2 fully saturated rings. The number of rotatable bonds is 3. The minimum atomic E-state index is -0.662. The van der Waals surface area contributed by atoms with Crippen LogP contribution in [0.5, 0.6) is 0 Å². The van der Waals surface area contributed by atoms with E-state index in [0.29, 0.717) is 5.92 Å². The van der Waals surface area contributed by atoms with Crippen molar-refractivity contribution in [3.05, 3.63) is 0 Å². The second-order valence-corrected chi connectivity index (χ2v) is 5.62. The van der Waals surface area contributed by atoms with E-state index in [2.05, 4.69) is 24.3 Å². The number of hydrogen-bond donors (Lipinski definition) is 1. The Hall–Kier alpha value is -1.39. The van der Waals surface area contributed by atoms with Crippen molar-refractivity contribution in [3.8, 4) is 0 Å². The Morgan fingerprint density at radius 3 is 2.61 bits per heavy atom. The van der Waals surface area contributed by atoms with Gasteiger partial charge in [-0.1, -0.05) is 33.1 Å². The molecule has 0 aromatic rings. The van der Waals surface area contributed by atoms with Gasteiger partial charge in [-0.25, -0.2) is 4.79 Å². The summed E-state index contributed by atoms with van der Waals surface area (Å²) in [5.41, 5.74) is -0.662. The molecule has 0 unspecified atom stereocenters. The molecule has 1 spiro atoms. The Bertz CT molecular complexity index is 370. The van der Waals surface area contributed by atoms with Crippen LogP contribution in [0.2, 0.25) is 0 Å². The molecule has 0 atom stereocenters. The average molecular weight is 251 g/mol. The summed E-state index contributed by atoms with van der Waals surface area (Å²) in [6, 6.07) is -0.373. The minimum Gasteiger partial charge on any atom is -0.321 e. The summed E-state index contributed by atoms with van der Waals surface area (Å²) < 4.78 is 0. The van der Waals surface area contributed by atoms with Gasteiger partial charge in [-0.05, 0) is 25.2 Å². The van der Waals surface area contributed by atoms with Gasteiger partial charge < -0.3 is 5.32 Å². The zero-order valence-corrected chi connectivity index (χ0v) is 11.1. The van der Waals surface area contributed by atoms with Crippen LogP contribution in [0.3, 0.4) is 0 Å². The largest absolute Gasteiger partial charge is 0.346 e. The fourth-order valence-corrected chi connectivity index (χ4v) is 2.54. The Morgan fingerprint density at radius 2 is 2.00 bits per heavy atom. The topological polar surface area (TPSA) is 61.8 Å². The molecule has 0 aromatic carbocycles. The first-order chi connectivity index (χ1) is 8.55. The molecule has 1 aliphatic heterocycles. The Balaban J connectivity index is 2.07. The number of amides is 3. The summed E-state index contributed by atoms with van der Waals surface area (Å²) in [6.45, 7) is 4.14. The third-order valence-corrected chi connectivity index (χ3v) is 3.62. The average Bonchev–Trinajstić information content (AvgIpc) is 2.54. The van der Waals surface area contributed by atoms with Crippen LogP contribution in [0.4, 0.5) is 4.79 Å². The van der Waals surface area contributed by atoms with E-state index in [0.717, 1.165) is 43.5 Å². The number of urea groups is 1. The van der Waals surface area contributed by atoms with Crippen molar-refractivity contribution >= 4 is 18.2 Å². The predicted molar refractivity (Wildman–Crippen MR) is 69.1 cm³/mol. The summed E-state index contributed by atoms with van der Waals surface area (Å²) in [4.78, 5) is 24.1. The van der Waals surface area contributed by atoms with E-state index in [4.69, 9.17) is 0 Å². The molecule has 2 rings (SSSR count). The highest BCUT2D eigenvalue weighted by Crippen LogP contribution is 2.33. The molecule has 0 bridgehead atoms. The second-order valence-electron chi connectivity index (χ2n) is 5.62. The van der Waals surface area contributed by atoms with Crippen LogP contribution < -0.4 is 5.32 Å². The van der Waals surface area contributed by atoms with Gasteiger partial charge in [0.2, 0.25) is 0 Å². The summed E-state index contributed by atoms with van der Waals surface area (Å²) in [5.74, 6) is 0.297. The molecule has 0 radical (unpaired) electrons. The molecule has 2 aliphatic rings. The van der Waals surface area contributed by atoms with Crippen molar-refractivity contribution in [1.82, 2.24) is 10.3 Å². The number of imide groups is 1. The zero-order valence-electron chi connectivity index (χ0n) is 11.1. The van der Waals surface area contributed by atoms with Crippen LogP contribution in [-0.2, 0) is 4.79 Å². The molecule has 1 heterocycles. The van der Waals surface area contributed by atoms with E-state index in [1.54, 1.807) is 6.21 Å². The van der Waals surface area contributed by atoms with Crippen LogP contribution in [0.1, 0.15) is 52.4 Å². The van der Waals surface area contributed by atoms with Crippen LogP contribution in [0.15, 0.2) is 5.10 Å². The number of nitrogens with one attached hydrogen (secondary N) is 1. The normalized spacial score (nSPS) is 23.4. The van der Waals surface area contributed by atoms with E-state index in [9.17, 15) is 9.59 Å². The highest BCUT2D eigenvalue weighted by atomic mass is 16.2. The monoisotopic (exact) mass is 251 g/mol. The van der Waals surface area contributed by atoms with E-state index in [-0.39, 0.29) is 11.9 Å². The first kappa shape index (κ1) is 13.1. The Morgan fingerprint density at radius 1 is 1.33 bits per heavy atom. The van der Waals surface area contributed by atoms with Gasteiger partial charge in [-0.2, -0.15) is 5.10 Å². The maximum atomic E-state index is 12.3. The third kappa shape index (κ3) is 2.40. The molecule has 0 aromatic heterocycles. The minimum absolute atomic E-state index is 0.174. The first-order valence-electron chi connectivity index (χ1n) is 6.74. The lowest BCUT2D eigenvalue weighted by molar-refractivity contribution is -0.132.